The summed E-state index contributed by atoms with van der Waals surface area (Å²) in [7, 11) is 0. The first-order valence-corrected chi connectivity index (χ1v) is 13.2. The fraction of sp³-hybridized carbons (Fsp3) is 0.593. The van der Waals surface area contributed by atoms with Gasteiger partial charge in [-0.1, -0.05) is 18.2 Å². The number of nitrogens with zero attached hydrogens (tertiary/aromatic N) is 2. The topological polar surface area (TPSA) is 62.2 Å². The Morgan fingerprint density at radius 3 is 2.71 bits per heavy atom. The molecule has 2 atom stereocenters. The Morgan fingerprint density at radius 2 is 2.00 bits per heavy atom. The van der Waals surface area contributed by atoms with Crippen LogP contribution in [-0.2, 0) is 16.0 Å². The maximum Gasteiger partial charge on any atom is 0.237 e. The Labute approximate surface area is 207 Å². The summed E-state index contributed by atoms with van der Waals surface area (Å²) < 4.78 is 11.9. The lowest BCUT2D eigenvalue weighted by molar-refractivity contribution is -0.136. The van der Waals surface area contributed by atoms with Crippen LogP contribution in [-0.4, -0.2) is 71.9 Å². The van der Waals surface area contributed by atoms with E-state index in [1.807, 2.05) is 56.0 Å². The van der Waals surface area contributed by atoms with Crippen LogP contribution in [0, 0.1) is 5.92 Å². The number of thiophene rings is 1. The zero-order valence-corrected chi connectivity index (χ0v) is 21.4. The van der Waals surface area contributed by atoms with Crippen molar-refractivity contribution in [3.05, 3.63) is 52.2 Å². The molecule has 1 amide bonds. The highest BCUT2D eigenvalue weighted by atomic mass is 32.1. The second kappa shape index (κ2) is 11.2. The normalized spacial score (nSPS) is 19.2. The first-order chi connectivity index (χ1) is 16.3. The van der Waals surface area contributed by atoms with Gasteiger partial charge in [0.1, 0.15) is 12.4 Å². The summed E-state index contributed by atoms with van der Waals surface area (Å²) in [6.07, 6.45) is 2.67. The molecule has 2 aliphatic rings. The van der Waals surface area contributed by atoms with Crippen LogP contribution in [0.1, 0.15) is 50.1 Å². The molecule has 1 saturated carbocycles. The fourth-order valence-electron chi connectivity index (χ4n) is 4.41. The fourth-order valence-corrected chi connectivity index (χ4v) is 5.34. The largest absolute Gasteiger partial charge is 0.491 e. The summed E-state index contributed by atoms with van der Waals surface area (Å²) in [5, 5.41) is 12.7. The summed E-state index contributed by atoms with van der Waals surface area (Å²) in [5.41, 5.74) is 0.906. The van der Waals surface area contributed by atoms with Crippen LogP contribution in [0.25, 0.3) is 0 Å². The van der Waals surface area contributed by atoms with E-state index in [9.17, 15) is 9.90 Å². The van der Waals surface area contributed by atoms with Gasteiger partial charge in [-0.2, -0.15) is 0 Å². The Kier molecular flexibility index (Phi) is 8.30. The van der Waals surface area contributed by atoms with Gasteiger partial charge in [0.2, 0.25) is 5.91 Å². The molecule has 2 heterocycles. The molecule has 0 saturated heterocycles. The number of hydrogen-bond acceptors (Lipinski definition) is 6. The van der Waals surface area contributed by atoms with Crippen molar-refractivity contribution in [2.45, 2.75) is 57.8 Å². The Balaban J connectivity index is 1.41. The number of fused-ring (bicyclic) bond motifs is 1. The van der Waals surface area contributed by atoms with E-state index in [2.05, 4.69) is 16.3 Å². The summed E-state index contributed by atoms with van der Waals surface area (Å²) in [6, 6.07) is 11.8. The van der Waals surface area contributed by atoms with Crippen molar-refractivity contribution in [1.82, 2.24) is 9.80 Å². The molecular formula is C27H38N2O4S. The van der Waals surface area contributed by atoms with Gasteiger partial charge in [-0.25, -0.2) is 0 Å². The van der Waals surface area contributed by atoms with Crippen molar-refractivity contribution in [1.29, 1.82) is 0 Å². The minimum absolute atomic E-state index is 0.0976. The minimum atomic E-state index is -0.618. The van der Waals surface area contributed by atoms with Crippen molar-refractivity contribution in [2.75, 3.05) is 39.4 Å². The molecule has 1 aromatic heterocycles. The predicted octanol–water partition coefficient (Wildman–Crippen LogP) is 4.14. The van der Waals surface area contributed by atoms with E-state index in [4.69, 9.17) is 9.47 Å². The smallest absolute Gasteiger partial charge is 0.237 e. The van der Waals surface area contributed by atoms with Crippen molar-refractivity contribution >= 4 is 17.2 Å². The number of benzene rings is 1. The molecule has 186 valence electrons. The van der Waals surface area contributed by atoms with Crippen LogP contribution in [0.4, 0.5) is 0 Å². The predicted molar refractivity (Wildman–Crippen MR) is 135 cm³/mol. The number of amides is 1. The molecule has 4 rings (SSSR count). The number of carbonyl (C=O) groups is 1. The van der Waals surface area contributed by atoms with Gasteiger partial charge in [-0.05, 0) is 75.1 Å². The second-order valence-electron chi connectivity index (χ2n) is 10.5. The second-order valence-corrected chi connectivity index (χ2v) is 11.5. The standard InChI is InChI=1S/C27H38N2O4S/c1-27(2,3)33-18-21(30)16-28(15-20-9-10-20)17-26(31)29-13-11-25-23(12-14-34-25)24(29)19-32-22-7-5-4-6-8-22/h4-8,12,14,20-21,24,30H,9-11,13,15-19H2,1-3H3. The maximum atomic E-state index is 13.6. The molecule has 2 unspecified atom stereocenters. The van der Waals surface area contributed by atoms with Gasteiger partial charge in [0.05, 0.1) is 30.9 Å². The van der Waals surface area contributed by atoms with Gasteiger partial charge in [-0.15, -0.1) is 11.3 Å². The number of hydrogen-bond donors (Lipinski definition) is 1. The van der Waals surface area contributed by atoms with E-state index in [1.165, 1.54) is 23.3 Å². The zero-order valence-electron chi connectivity index (χ0n) is 20.6. The number of rotatable bonds is 11. The molecule has 7 heteroatoms. The maximum absolute atomic E-state index is 13.6. The van der Waals surface area contributed by atoms with E-state index in [-0.39, 0.29) is 24.2 Å². The monoisotopic (exact) mass is 486 g/mol. The molecule has 34 heavy (non-hydrogen) atoms. The van der Waals surface area contributed by atoms with Crippen LogP contribution in [0.3, 0.4) is 0 Å². The molecule has 1 N–H and O–H groups in total. The van der Waals surface area contributed by atoms with Crippen molar-refractivity contribution in [3.8, 4) is 5.75 Å². The molecule has 0 bridgehead atoms. The lowest BCUT2D eigenvalue weighted by Gasteiger charge is -2.37. The molecule has 0 spiro atoms. The van der Waals surface area contributed by atoms with Gasteiger partial charge in [-0.3, -0.25) is 9.69 Å². The van der Waals surface area contributed by atoms with E-state index in [0.29, 0.717) is 32.2 Å². The summed E-state index contributed by atoms with van der Waals surface area (Å²) in [5.74, 6) is 1.54. The lowest BCUT2D eigenvalue weighted by atomic mass is 10.0. The van der Waals surface area contributed by atoms with Crippen LogP contribution in [0.2, 0.25) is 0 Å². The number of aliphatic hydroxyl groups excluding tert-OH is 1. The Hall–Kier alpha value is -1.93. The van der Waals surface area contributed by atoms with Gasteiger partial charge >= 0.3 is 0 Å². The molecule has 1 aliphatic heterocycles. The van der Waals surface area contributed by atoms with Gasteiger partial charge in [0, 0.05) is 24.5 Å². The number of aliphatic hydroxyl groups is 1. The molecule has 6 nitrogen and oxygen atoms in total. The average Bonchev–Trinajstić information content (AvgIpc) is 3.48. The van der Waals surface area contributed by atoms with Crippen LogP contribution in [0.15, 0.2) is 41.8 Å². The van der Waals surface area contributed by atoms with Gasteiger partial charge in [0.15, 0.2) is 0 Å². The lowest BCUT2D eigenvalue weighted by Crippen LogP contribution is -2.48. The summed E-state index contributed by atoms with van der Waals surface area (Å²) in [4.78, 5) is 19.0. The van der Waals surface area contributed by atoms with Crippen LogP contribution < -0.4 is 4.74 Å². The number of carbonyl (C=O) groups excluding carboxylic acids is 1. The van der Waals surface area contributed by atoms with Crippen molar-refractivity contribution in [2.24, 2.45) is 5.92 Å². The van der Waals surface area contributed by atoms with Crippen molar-refractivity contribution < 1.29 is 19.4 Å². The van der Waals surface area contributed by atoms with Crippen molar-refractivity contribution in [3.63, 3.8) is 0 Å². The molecule has 2 aromatic rings. The Morgan fingerprint density at radius 1 is 1.24 bits per heavy atom. The third-order valence-electron chi connectivity index (χ3n) is 6.32. The summed E-state index contributed by atoms with van der Waals surface area (Å²) in [6.45, 7) is 8.96. The Bertz CT molecular complexity index is 922. The molecular weight excluding hydrogens is 448 g/mol. The molecule has 1 aromatic carbocycles. The highest BCUT2D eigenvalue weighted by Crippen LogP contribution is 2.34. The first-order valence-electron chi connectivity index (χ1n) is 12.4. The van der Waals surface area contributed by atoms with Gasteiger partial charge in [0.25, 0.3) is 0 Å². The zero-order chi connectivity index (χ0) is 24.1. The van der Waals surface area contributed by atoms with Gasteiger partial charge < -0.3 is 19.5 Å². The van der Waals surface area contributed by atoms with E-state index in [1.54, 1.807) is 11.3 Å². The molecule has 1 fully saturated rings. The highest BCUT2D eigenvalue weighted by molar-refractivity contribution is 7.10. The molecule has 0 radical (unpaired) electrons. The third kappa shape index (κ3) is 7.28. The van der Waals surface area contributed by atoms with Crippen LogP contribution in [0.5, 0.6) is 5.75 Å². The SMILES string of the molecule is CC(C)(C)OCC(O)CN(CC(=O)N1CCc2sccc2C1COc1ccccc1)CC1CC1. The number of ether oxygens (including phenoxy) is 2. The number of para-hydroxylation sites is 1. The minimum Gasteiger partial charge on any atom is -0.491 e. The summed E-state index contributed by atoms with van der Waals surface area (Å²) >= 11 is 1.76. The molecule has 1 aliphatic carbocycles. The highest BCUT2D eigenvalue weighted by Gasteiger charge is 2.34. The average molecular weight is 487 g/mol. The van der Waals surface area contributed by atoms with E-state index < -0.39 is 6.10 Å². The quantitative estimate of drug-likeness (QED) is 0.517. The van der Waals surface area contributed by atoms with E-state index >= 15 is 0 Å². The van der Waals surface area contributed by atoms with E-state index in [0.717, 1.165) is 18.7 Å². The van der Waals surface area contributed by atoms with Crippen LogP contribution >= 0.6 is 11.3 Å². The third-order valence-corrected chi connectivity index (χ3v) is 7.31. The first kappa shape index (κ1) is 25.2.